The smallest absolute Gasteiger partial charge is 0.260 e. The van der Waals surface area contributed by atoms with E-state index in [-0.39, 0.29) is 35.7 Å². The Morgan fingerprint density at radius 2 is 1.83 bits per heavy atom. The maximum atomic E-state index is 12.6. The second-order valence-corrected chi connectivity index (χ2v) is 10.2. The molecule has 1 saturated heterocycles. The van der Waals surface area contributed by atoms with E-state index in [0.717, 1.165) is 5.56 Å². The van der Waals surface area contributed by atoms with E-state index < -0.39 is 27.7 Å². The molecule has 29 heavy (non-hydrogen) atoms. The molecule has 1 heterocycles. The molecule has 8 nitrogen and oxygen atoms in total. The lowest BCUT2D eigenvalue weighted by Crippen LogP contribution is -2.53. The van der Waals surface area contributed by atoms with E-state index >= 15 is 0 Å². The fourth-order valence-corrected chi connectivity index (χ4v) is 5.19. The molecule has 2 rings (SSSR count). The molecule has 1 fully saturated rings. The maximum Gasteiger partial charge on any atom is 0.260 e. The van der Waals surface area contributed by atoms with Gasteiger partial charge >= 0.3 is 0 Å². The predicted molar refractivity (Wildman–Crippen MR) is 110 cm³/mol. The number of benzene rings is 1. The Morgan fingerprint density at radius 1 is 1.14 bits per heavy atom. The average molecular weight is 424 g/mol. The van der Waals surface area contributed by atoms with Crippen molar-refractivity contribution >= 4 is 27.6 Å². The quantitative estimate of drug-likeness (QED) is 0.567. The van der Waals surface area contributed by atoms with E-state index in [2.05, 4.69) is 16.2 Å². The lowest BCUT2D eigenvalue weighted by atomic mass is 10.0. The molecule has 3 amide bonds. The molecule has 0 spiro atoms. The number of amides is 3. The standard InChI is InChI=1S/C20H29N3O5S/c1-13(2)10-17(21-19(25)16-7-5-4-6-14(16)3)20(26)23-22-18(24)11-15-8-9-29(27,28)12-15/h4-7,13,15,17H,8-12H2,1-3H3,(H,21,25)(H,22,24)(H,23,26). The van der Waals surface area contributed by atoms with Crippen molar-refractivity contribution in [1.29, 1.82) is 0 Å². The van der Waals surface area contributed by atoms with Gasteiger partial charge in [0.05, 0.1) is 11.5 Å². The van der Waals surface area contributed by atoms with Crippen LogP contribution in [-0.4, -0.2) is 43.7 Å². The van der Waals surface area contributed by atoms with E-state index in [9.17, 15) is 22.8 Å². The number of hydrogen-bond acceptors (Lipinski definition) is 5. The molecule has 3 N–H and O–H groups in total. The van der Waals surface area contributed by atoms with Crippen molar-refractivity contribution in [2.75, 3.05) is 11.5 Å². The molecule has 1 aromatic carbocycles. The summed E-state index contributed by atoms with van der Waals surface area (Å²) in [4.78, 5) is 37.1. The first-order valence-corrected chi connectivity index (χ1v) is 11.5. The number of sulfone groups is 1. The molecule has 0 bridgehead atoms. The highest BCUT2D eigenvalue weighted by Gasteiger charge is 2.30. The van der Waals surface area contributed by atoms with Crippen molar-refractivity contribution in [2.24, 2.45) is 11.8 Å². The summed E-state index contributed by atoms with van der Waals surface area (Å²) >= 11 is 0. The molecule has 0 aromatic heterocycles. The molecule has 160 valence electrons. The Bertz CT molecular complexity index is 867. The number of nitrogens with one attached hydrogen (secondary N) is 3. The fraction of sp³-hybridized carbons (Fsp3) is 0.550. The van der Waals surface area contributed by atoms with Gasteiger partial charge in [0.25, 0.3) is 11.8 Å². The Labute approximate surface area is 171 Å². The summed E-state index contributed by atoms with van der Waals surface area (Å²) in [6.45, 7) is 5.68. The summed E-state index contributed by atoms with van der Waals surface area (Å²) in [6, 6.07) is 6.27. The van der Waals surface area contributed by atoms with E-state index in [1.165, 1.54) is 0 Å². The van der Waals surface area contributed by atoms with Crippen molar-refractivity contribution in [3.63, 3.8) is 0 Å². The lowest BCUT2D eigenvalue weighted by molar-refractivity contribution is -0.130. The van der Waals surface area contributed by atoms with E-state index in [1.807, 2.05) is 32.9 Å². The van der Waals surface area contributed by atoms with Crippen LogP contribution in [0.2, 0.25) is 0 Å². The van der Waals surface area contributed by atoms with Crippen molar-refractivity contribution < 1.29 is 22.8 Å². The van der Waals surface area contributed by atoms with Gasteiger partial charge in [0.2, 0.25) is 5.91 Å². The summed E-state index contributed by atoms with van der Waals surface area (Å²) in [6.07, 6.45) is 0.885. The van der Waals surface area contributed by atoms with Crippen LogP contribution in [0.25, 0.3) is 0 Å². The molecule has 0 saturated carbocycles. The Kier molecular flexibility index (Phi) is 7.78. The Balaban J connectivity index is 1.92. The zero-order valence-corrected chi connectivity index (χ0v) is 17.8. The lowest BCUT2D eigenvalue weighted by Gasteiger charge is -2.21. The van der Waals surface area contributed by atoms with Gasteiger partial charge in [-0.25, -0.2) is 8.42 Å². The zero-order chi connectivity index (χ0) is 21.6. The third-order valence-electron chi connectivity index (χ3n) is 4.84. The first kappa shape index (κ1) is 22.9. The third-order valence-corrected chi connectivity index (χ3v) is 6.68. The Hall–Kier alpha value is -2.42. The van der Waals surface area contributed by atoms with Crippen molar-refractivity contribution in [1.82, 2.24) is 16.2 Å². The number of rotatable bonds is 7. The molecule has 9 heteroatoms. The van der Waals surface area contributed by atoms with E-state index in [1.54, 1.807) is 12.1 Å². The first-order chi connectivity index (χ1) is 13.6. The minimum absolute atomic E-state index is 0.00315. The summed E-state index contributed by atoms with van der Waals surface area (Å²) in [5.41, 5.74) is 5.97. The van der Waals surface area contributed by atoms with Gasteiger partial charge in [0.1, 0.15) is 6.04 Å². The fourth-order valence-electron chi connectivity index (χ4n) is 3.33. The monoisotopic (exact) mass is 423 g/mol. The van der Waals surface area contributed by atoms with Gasteiger partial charge in [-0.05, 0) is 43.2 Å². The van der Waals surface area contributed by atoms with Crippen molar-refractivity contribution in [3.05, 3.63) is 35.4 Å². The second kappa shape index (κ2) is 9.87. The van der Waals surface area contributed by atoms with Crippen LogP contribution in [0.15, 0.2) is 24.3 Å². The Morgan fingerprint density at radius 3 is 2.41 bits per heavy atom. The third kappa shape index (κ3) is 7.16. The molecule has 0 radical (unpaired) electrons. The molecule has 1 aliphatic heterocycles. The van der Waals surface area contributed by atoms with Gasteiger partial charge < -0.3 is 5.32 Å². The highest BCUT2D eigenvalue weighted by molar-refractivity contribution is 7.91. The van der Waals surface area contributed by atoms with Crippen LogP contribution >= 0.6 is 0 Å². The van der Waals surface area contributed by atoms with Crippen LogP contribution in [0.4, 0.5) is 0 Å². The summed E-state index contributed by atoms with van der Waals surface area (Å²) in [5.74, 6) is -1.32. The molecular formula is C20H29N3O5S. The maximum absolute atomic E-state index is 12.6. The van der Waals surface area contributed by atoms with E-state index in [4.69, 9.17) is 0 Å². The second-order valence-electron chi connectivity index (χ2n) is 7.98. The largest absolute Gasteiger partial charge is 0.340 e. The number of carbonyl (C=O) groups is 3. The van der Waals surface area contributed by atoms with Crippen LogP contribution < -0.4 is 16.2 Å². The van der Waals surface area contributed by atoms with Crippen LogP contribution in [0.3, 0.4) is 0 Å². The predicted octanol–water partition coefficient (Wildman–Crippen LogP) is 1.11. The van der Waals surface area contributed by atoms with Crippen molar-refractivity contribution in [3.8, 4) is 0 Å². The molecule has 1 aliphatic rings. The van der Waals surface area contributed by atoms with Crippen molar-refractivity contribution in [2.45, 2.75) is 46.1 Å². The molecule has 2 atom stereocenters. The van der Waals surface area contributed by atoms with Crippen LogP contribution in [0.5, 0.6) is 0 Å². The van der Waals surface area contributed by atoms with Gasteiger partial charge in [-0.3, -0.25) is 25.2 Å². The first-order valence-electron chi connectivity index (χ1n) is 9.73. The number of carbonyl (C=O) groups excluding carboxylic acids is 3. The van der Waals surface area contributed by atoms with Gasteiger partial charge in [0, 0.05) is 12.0 Å². The number of aryl methyl sites for hydroxylation is 1. The molecule has 1 aromatic rings. The highest BCUT2D eigenvalue weighted by atomic mass is 32.2. The zero-order valence-electron chi connectivity index (χ0n) is 17.0. The SMILES string of the molecule is Cc1ccccc1C(=O)NC(CC(C)C)C(=O)NNC(=O)CC1CCS(=O)(=O)C1. The molecule has 0 aliphatic carbocycles. The number of hydrogen-bond donors (Lipinski definition) is 3. The number of hydrazine groups is 1. The molecular weight excluding hydrogens is 394 g/mol. The van der Waals surface area contributed by atoms with Gasteiger partial charge in [-0.2, -0.15) is 0 Å². The summed E-state index contributed by atoms with van der Waals surface area (Å²) in [7, 11) is -3.06. The van der Waals surface area contributed by atoms with Gasteiger partial charge in [-0.1, -0.05) is 32.0 Å². The minimum atomic E-state index is -3.06. The summed E-state index contributed by atoms with van der Waals surface area (Å²) < 4.78 is 23.0. The average Bonchev–Trinajstić information content (AvgIpc) is 2.97. The molecule has 2 unspecified atom stereocenters. The normalized spacial score (nSPS) is 18.8. The van der Waals surface area contributed by atoms with Crippen LogP contribution in [0.1, 0.15) is 49.0 Å². The summed E-state index contributed by atoms with van der Waals surface area (Å²) in [5, 5.41) is 2.73. The van der Waals surface area contributed by atoms with E-state index in [0.29, 0.717) is 18.4 Å². The van der Waals surface area contributed by atoms with Gasteiger partial charge in [0.15, 0.2) is 9.84 Å². The topological polar surface area (TPSA) is 121 Å². The highest BCUT2D eigenvalue weighted by Crippen LogP contribution is 2.21. The van der Waals surface area contributed by atoms with Crippen LogP contribution in [-0.2, 0) is 19.4 Å². The van der Waals surface area contributed by atoms with Crippen LogP contribution in [0, 0.1) is 18.8 Å². The van der Waals surface area contributed by atoms with Gasteiger partial charge in [-0.15, -0.1) is 0 Å². The minimum Gasteiger partial charge on any atom is -0.340 e.